The summed E-state index contributed by atoms with van der Waals surface area (Å²) >= 11 is 0. The molecule has 2 N–H and O–H groups in total. The number of anilines is 1. The second-order valence-corrected chi connectivity index (χ2v) is 4.64. The molecule has 0 saturated heterocycles. The summed E-state index contributed by atoms with van der Waals surface area (Å²) in [4.78, 5) is 22.4. The molecule has 1 aliphatic rings. The van der Waals surface area contributed by atoms with Gasteiger partial charge in [0.25, 0.3) is 5.91 Å². The van der Waals surface area contributed by atoms with Gasteiger partial charge in [-0.15, -0.1) is 0 Å². The zero-order chi connectivity index (χ0) is 14.1. The first-order valence-corrected chi connectivity index (χ1v) is 6.15. The summed E-state index contributed by atoms with van der Waals surface area (Å²) in [7, 11) is 0. The number of nitrogens with zero attached hydrogens (tertiary/aromatic N) is 3. The van der Waals surface area contributed by atoms with Gasteiger partial charge in [-0.2, -0.15) is 5.10 Å². The lowest BCUT2D eigenvalue weighted by molar-refractivity contribution is -0.137. The van der Waals surface area contributed by atoms with E-state index in [9.17, 15) is 9.59 Å². The molecular formula is C12H12N4O4. The van der Waals surface area contributed by atoms with Gasteiger partial charge in [-0.05, 0) is 12.8 Å². The second kappa shape index (κ2) is 4.80. The Labute approximate surface area is 113 Å². The Hall–Kier alpha value is -2.64. The van der Waals surface area contributed by atoms with E-state index >= 15 is 0 Å². The fourth-order valence-electron chi connectivity index (χ4n) is 1.79. The van der Waals surface area contributed by atoms with Crippen molar-refractivity contribution >= 4 is 17.7 Å². The van der Waals surface area contributed by atoms with Crippen molar-refractivity contribution in [2.24, 2.45) is 0 Å². The summed E-state index contributed by atoms with van der Waals surface area (Å²) in [6.45, 7) is -0.258. The van der Waals surface area contributed by atoms with Gasteiger partial charge >= 0.3 is 5.97 Å². The smallest absolute Gasteiger partial charge is 0.325 e. The first-order chi connectivity index (χ1) is 9.61. The highest BCUT2D eigenvalue weighted by molar-refractivity contribution is 6.02. The van der Waals surface area contributed by atoms with Crippen molar-refractivity contribution in [1.82, 2.24) is 14.9 Å². The van der Waals surface area contributed by atoms with Crippen molar-refractivity contribution in [3.8, 4) is 0 Å². The zero-order valence-electron chi connectivity index (χ0n) is 10.4. The van der Waals surface area contributed by atoms with Gasteiger partial charge in [0, 0.05) is 24.2 Å². The molecule has 8 nitrogen and oxygen atoms in total. The zero-order valence-corrected chi connectivity index (χ0v) is 10.4. The van der Waals surface area contributed by atoms with Crippen molar-refractivity contribution in [1.29, 1.82) is 0 Å². The molecule has 2 heterocycles. The number of carboxylic acid groups (broad SMARTS) is 1. The van der Waals surface area contributed by atoms with Crippen LogP contribution in [0.25, 0.3) is 0 Å². The Morgan fingerprint density at radius 3 is 3.00 bits per heavy atom. The van der Waals surface area contributed by atoms with Gasteiger partial charge in [0.2, 0.25) is 0 Å². The van der Waals surface area contributed by atoms with Crippen LogP contribution in [0.3, 0.4) is 0 Å². The highest BCUT2D eigenvalue weighted by Crippen LogP contribution is 2.40. The van der Waals surface area contributed by atoms with Crippen LogP contribution < -0.4 is 5.32 Å². The molecule has 104 valence electrons. The van der Waals surface area contributed by atoms with Crippen LogP contribution in [0.4, 0.5) is 5.82 Å². The lowest BCUT2D eigenvalue weighted by Crippen LogP contribution is -2.14. The molecule has 1 aliphatic carbocycles. The summed E-state index contributed by atoms with van der Waals surface area (Å²) in [6.07, 6.45) is 3.61. The van der Waals surface area contributed by atoms with E-state index < -0.39 is 11.9 Å². The van der Waals surface area contributed by atoms with E-state index in [1.54, 1.807) is 6.07 Å². The van der Waals surface area contributed by atoms with Crippen molar-refractivity contribution < 1.29 is 19.2 Å². The third-order valence-electron chi connectivity index (χ3n) is 2.92. The molecule has 0 bridgehead atoms. The maximum Gasteiger partial charge on any atom is 0.325 e. The topological polar surface area (TPSA) is 110 Å². The molecule has 3 rings (SSSR count). The standard InChI is InChI=1S/C12H12N4O4/c17-11(18)6-16-4-3-10(14-16)13-12(19)8-5-9(20-15-8)7-1-2-7/h3-5,7H,1-2,6H2,(H,17,18)(H,13,14,19). The minimum Gasteiger partial charge on any atom is -0.480 e. The lowest BCUT2D eigenvalue weighted by atomic mass is 10.3. The van der Waals surface area contributed by atoms with Gasteiger partial charge in [-0.25, -0.2) is 0 Å². The number of hydrogen-bond donors (Lipinski definition) is 2. The number of rotatable bonds is 5. The average Bonchev–Trinajstić information content (AvgIpc) is 2.96. The van der Waals surface area contributed by atoms with Gasteiger partial charge in [-0.1, -0.05) is 5.16 Å². The number of carboxylic acids is 1. The van der Waals surface area contributed by atoms with Crippen LogP contribution in [0.15, 0.2) is 22.9 Å². The highest BCUT2D eigenvalue weighted by Gasteiger charge is 2.28. The monoisotopic (exact) mass is 276 g/mol. The minimum atomic E-state index is -1.00. The molecule has 8 heteroatoms. The van der Waals surface area contributed by atoms with Crippen LogP contribution in [-0.4, -0.2) is 31.9 Å². The molecule has 0 radical (unpaired) electrons. The fraction of sp³-hybridized carbons (Fsp3) is 0.333. The van der Waals surface area contributed by atoms with Crippen LogP contribution in [0, 0.1) is 0 Å². The van der Waals surface area contributed by atoms with E-state index in [2.05, 4.69) is 15.6 Å². The van der Waals surface area contributed by atoms with Gasteiger partial charge < -0.3 is 14.9 Å². The van der Waals surface area contributed by atoms with Crippen molar-refractivity contribution in [2.75, 3.05) is 5.32 Å². The van der Waals surface area contributed by atoms with Gasteiger partial charge in [0.1, 0.15) is 12.3 Å². The quantitative estimate of drug-likeness (QED) is 0.845. The normalized spacial score (nSPS) is 14.2. The van der Waals surface area contributed by atoms with Crippen LogP contribution in [0.5, 0.6) is 0 Å². The van der Waals surface area contributed by atoms with Crippen molar-refractivity contribution in [2.45, 2.75) is 25.3 Å². The van der Waals surface area contributed by atoms with Crippen molar-refractivity contribution in [3.05, 3.63) is 29.8 Å². The third kappa shape index (κ3) is 2.68. The molecule has 0 aliphatic heterocycles. The molecule has 0 unspecified atom stereocenters. The summed E-state index contributed by atoms with van der Waals surface area (Å²) in [6, 6.07) is 3.14. The number of aromatic nitrogens is 3. The Bertz CT molecular complexity index is 656. The second-order valence-electron chi connectivity index (χ2n) is 4.64. The predicted octanol–water partition coefficient (Wildman–Crippen LogP) is 1.09. The number of carbonyl (C=O) groups is 2. The Morgan fingerprint density at radius 1 is 1.50 bits per heavy atom. The summed E-state index contributed by atoms with van der Waals surface area (Å²) in [5, 5.41) is 18.8. The van der Waals surface area contributed by atoms with Crippen molar-refractivity contribution in [3.63, 3.8) is 0 Å². The lowest BCUT2D eigenvalue weighted by Gasteiger charge is -1.97. The molecule has 20 heavy (non-hydrogen) atoms. The maximum absolute atomic E-state index is 11.9. The first kappa shape index (κ1) is 12.4. The van der Waals surface area contributed by atoms with Crippen LogP contribution >= 0.6 is 0 Å². The van der Waals surface area contributed by atoms with Crippen LogP contribution in [0.2, 0.25) is 0 Å². The molecular weight excluding hydrogens is 264 g/mol. The molecule has 0 aromatic carbocycles. The summed E-state index contributed by atoms with van der Waals surface area (Å²) < 4.78 is 6.31. The largest absolute Gasteiger partial charge is 0.480 e. The predicted molar refractivity (Wildman–Crippen MR) is 66.3 cm³/mol. The fourth-order valence-corrected chi connectivity index (χ4v) is 1.79. The average molecular weight is 276 g/mol. The van der Waals surface area contributed by atoms with Gasteiger partial charge in [0.05, 0.1) is 0 Å². The van der Waals surface area contributed by atoms with Gasteiger partial charge in [0.15, 0.2) is 11.5 Å². The molecule has 1 saturated carbocycles. The summed E-state index contributed by atoms with van der Waals surface area (Å²) in [5.41, 5.74) is 0.194. The number of nitrogens with one attached hydrogen (secondary N) is 1. The minimum absolute atomic E-state index is 0.194. The molecule has 1 fully saturated rings. The molecule has 0 spiro atoms. The highest BCUT2D eigenvalue weighted by atomic mass is 16.5. The number of hydrogen-bond acceptors (Lipinski definition) is 5. The van der Waals surface area contributed by atoms with E-state index in [1.165, 1.54) is 16.9 Å². The molecule has 0 atom stereocenters. The summed E-state index contributed by atoms with van der Waals surface area (Å²) in [5.74, 6) is -0.0459. The van der Waals surface area contributed by atoms with E-state index in [0.717, 1.165) is 18.6 Å². The Kier molecular flexibility index (Phi) is 2.97. The van der Waals surface area contributed by atoms with Crippen LogP contribution in [0.1, 0.15) is 35.0 Å². The Morgan fingerprint density at radius 2 is 2.30 bits per heavy atom. The third-order valence-corrected chi connectivity index (χ3v) is 2.92. The van der Waals surface area contributed by atoms with E-state index in [-0.39, 0.29) is 18.1 Å². The molecule has 1 amide bonds. The first-order valence-electron chi connectivity index (χ1n) is 6.15. The number of amides is 1. The van der Waals surface area contributed by atoms with Crippen LogP contribution in [-0.2, 0) is 11.3 Å². The van der Waals surface area contributed by atoms with E-state index in [4.69, 9.17) is 9.63 Å². The Balaban J connectivity index is 1.65. The molecule has 2 aromatic rings. The number of aliphatic carboxylic acids is 1. The van der Waals surface area contributed by atoms with E-state index in [0.29, 0.717) is 5.92 Å². The van der Waals surface area contributed by atoms with E-state index in [1.807, 2.05) is 0 Å². The number of carbonyl (C=O) groups excluding carboxylic acids is 1. The molecule has 2 aromatic heterocycles. The van der Waals surface area contributed by atoms with Gasteiger partial charge in [-0.3, -0.25) is 14.3 Å². The SMILES string of the molecule is O=C(O)Cn1ccc(NC(=O)c2cc(C3CC3)on2)n1. The maximum atomic E-state index is 11.9.